The van der Waals surface area contributed by atoms with Gasteiger partial charge >= 0.3 is 0 Å². The lowest BCUT2D eigenvalue weighted by Crippen LogP contribution is -2.42. The second-order valence-corrected chi connectivity index (χ2v) is 7.69. The third-order valence-corrected chi connectivity index (χ3v) is 5.04. The molecule has 26 heavy (non-hydrogen) atoms. The summed E-state index contributed by atoms with van der Waals surface area (Å²) < 4.78 is 2.13. The first kappa shape index (κ1) is 20.3. The summed E-state index contributed by atoms with van der Waals surface area (Å²) in [5, 5.41) is 1.14. The van der Waals surface area contributed by atoms with Gasteiger partial charge in [0.2, 0.25) is 5.91 Å². The first-order chi connectivity index (χ1) is 12.3. The zero-order valence-electron chi connectivity index (χ0n) is 15.3. The van der Waals surface area contributed by atoms with Crippen molar-refractivity contribution in [2.45, 2.75) is 39.4 Å². The normalized spacial score (nSPS) is 10.8. The average Bonchev–Trinajstić information content (AvgIpc) is 2.85. The van der Waals surface area contributed by atoms with Crippen LogP contribution in [0.2, 0.25) is 5.02 Å². The van der Waals surface area contributed by atoms with Gasteiger partial charge in [-0.05, 0) is 31.9 Å². The highest BCUT2D eigenvalue weighted by atomic mass is 35.5. The van der Waals surface area contributed by atoms with Crippen LogP contribution in [0.5, 0.6) is 0 Å². The van der Waals surface area contributed by atoms with E-state index in [9.17, 15) is 9.59 Å². The molecule has 8 heteroatoms. The highest BCUT2D eigenvalue weighted by molar-refractivity contribution is 7.99. The minimum absolute atomic E-state index is 0.150. The second kappa shape index (κ2) is 9.09. The first-order valence-corrected chi connectivity index (χ1v) is 9.66. The molecule has 0 spiro atoms. The number of carbonyl (C=O) groups excluding carboxylic acids is 2. The van der Waals surface area contributed by atoms with Gasteiger partial charge in [0.05, 0.1) is 22.0 Å². The number of imidazole rings is 1. The number of hydrazine groups is 1. The van der Waals surface area contributed by atoms with Crippen LogP contribution in [0.3, 0.4) is 0 Å². The monoisotopic (exact) mass is 394 g/mol. The molecule has 2 N–H and O–H groups in total. The number of thioether (sulfide) groups is 1. The molecule has 0 fully saturated rings. The molecule has 1 aromatic heterocycles. The van der Waals surface area contributed by atoms with Gasteiger partial charge in [-0.15, -0.1) is 0 Å². The molecule has 0 aliphatic heterocycles. The molecule has 6 nitrogen and oxygen atoms in total. The molecule has 0 unspecified atom stereocenters. The maximum Gasteiger partial charge on any atom is 0.271 e. The second-order valence-electron chi connectivity index (χ2n) is 6.34. The van der Waals surface area contributed by atoms with Crippen molar-refractivity contribution >= 4 is 35.2 Å². The van der Waals surface area contributed by atoms with Crippen LogP contribution in [0.15, 0.2) is 29.4 Å². The minimum atomic E-state index is -0.457. The summed E-state index contributed by atoms with van der Waals surface area (Å²) in [7, 11) is 0. The maximum atomic E-state index is 12.0. The first-order valence-electron chi connectivity index (χ1n) is 8.29. The molecule has 0 radical (unpaired) electrons. The highest BCUT2D eigenvalue weighted by Crippen LogP contribution is 2.22. The summed E-state index contributed by atoms with van der Waals surface area (Å²) in [4.78, 5) is 28.6. The molecular formula is C18H23ClN4O2S. The van der Waals surface area contributed by atoms with Crippen LogP contribution in [-0.4, -0.2) is 27.1 Å². The number of aryl methyl sites for hydroxylation is 1. The fourth-order valence-corrected chi connectivity index (χ4v) is 3.44. The molecular weight excluding hydrogens is 372 g/mol. The molecule has 2 rings (SSSR count). The van der Waals surface area contributed by atoms with E-state index in [-0.39, 0.29) is 11.7 Å². The molecule has 0 atom stereocenters. The summed E-state index contributed by atoms with van der Waals surface area (Å²) in [6.07, 6.45) is 0. The van der Waals surface area contributed by atoms with Crippen molar-refractivity contribution in [3.8, 4) is 0 Å². The highest BCUT2D eigenvalue weighted by Gasteiger charge is 2.15. The van der Waals surface area contributed by atoms with Gasteiger partial charge in [-0.1, -0.05) is 49.3 Å². The molecule has 0 bridgehead atoms. The zero-order chi connectivity index (χ0) is 19.3. The predicted octanol–water partition coefficient (Wildman–Crippen LogP) is 3.36. The number of nitrogens with zero attached hydrogens (tertiary/aromatic N) is 2. The van der Waals surface area contributed by atoms with Crippen LogP contribution >= 0.6 is 23.4 Å². The van der Waals surface area contributed by atoms with E-state index in [1.54, 1.807) is 24.3 Å². The summed E-state index contributed by atoms with van der Waals surface area (Å²) in [5.74, 6) is -0.145. The lowest BCUT2D eigenvalue weighted by atomic mass is 10.2. The Morgan fingerprint density at radius 3 is 2.58 bits per heavy atom. The van der Waals surface area contributed by atoms with E-state index in [0.29, 0.717) is 16.5 Å². The van der Waals surface area contributed by atoms with Gasteiger partial charge < -0.3 is 4.57 Å². The molecule has 2 amide bonds. The number of hydrogen-bond acceptors (Lipinski definition) is 4. The Bertz CT molecular complexity index is 804. The van der Waals surface area contributed by atoms with Gasteiger partial charge in [0.15, 0.2) is 5.16 Å². The number of rotatable bonds is 6. The smallest absolute Gasteiger partial charge is 0.271 e. The fraction of sp³-hybridized carbons (Fsp3) is 0.389. The van der Waals surface area contributed by atoms with Crippen LogP contribution in [0, 0.1) is 19.8 Å². The number of carbonyl (C=O) groups is 2. The van der Waals surface area contributed by atoms with E-state index < -0.39 is 5.91 Å². The van der Waals surface area contributed by atoms with Gasteiger partial charge in [0.1, 0.15) is 0 Å². The maximum absolute atomic E-state index is 12.0. The van der Waals surface area contributed by atoms with E-state index in [0.717, 1.165) is 23.1 Å². The average molecular weight is 395 g/mol. The fourth-order valence-electron chi connectivity index (χ4n) is 2.32. The van der Waals surface area contributed by atoms with Crippen LogP contribution in [0.4, 0.5) is 0 Å². The molecule has 0 saturated carbocycles. The molecule has 1 aromatic carbocycles. The molecule has 0 aliphatic carbocycles. The number of amides is 2. The van der Waals surface area contributed by atoms with Gasteiger partial charge in [-0.3, -0.25) is 20.4 Å². The Morgan fingerprint density at radius 2 is 1.92 bits per heavy atom. The summed E-state index contributed by atoms with van der Waals surface area (Å²) in [6, 6.07) is 6.65. The van der Waals surface area contributed by atoms with Crippen molar-refractivity contribution < 1.29 is 9.59 Å². The number of aromatic nitrogens is 2. The van der Waals surface area contributed by atoms with Gasteiger partial charge in [0, 0.05) is 12.2 Å². The lowest BCUT2D eigenvalue weighted by molar-refractivity contribution is -0.119. The SMILES string of the molecule is Cc1nc(SCC(=O)NNC(=O)c2ccccc2Cl)n(CC(C)C)c1C. The van der Waals surface area contributed by atoms with E-state index in [4.69, 9.17) is 11.6 Å². The van der Waals surface area contributed by atoms with Gasteiger partial charge in [-0.2, -0.15) is 0 Å². The summed E-state index contributed by atoms with van der Waals surface area (Å²) >= 11 is 7.31. The molecule has 140 valence electrons. The predicted molar refractivity (Wildman–Crippen MR) is 104 cm³/mol. The van der Waals surface area contributed by atoms with Crippen molar-refractivity contribution in [2.24, 2.45) is 5.92 Å². The van der Waals surface area contributed by atoms with E-state index >= 15 is 0 Å². The van der Waals surface area contributed by atoms with Crippen LogP contribution in [0.25, 0.3) is 0 Å². The molecule has 0 aliphatic rings. The number of hydrogen-bond donors (Lipinski definition) is 2. The van der Waals surface area contributed by atoms with Gasteiger partial charge in [-0.25, -0.2) is 4.98 Å². The van der Waals surface area contributed by atoms with Crippen LogP contribution < -0.4 is 10.9 Å². The molecule has 1 heterocycles. The Kier molecular flexibility index (Phi) is 7.11. The molecule has 0 saturated heterocycles. The molecule has 2 aromatic rings. The topological polar surface area (TPSA) is 76.0 Å². The van der Waals surface area contributed by atoms with Crippen LogP contribution in [-0.2, 0) is 11.3 Å². The number of nitrogens with one attached hydrogen (secondary N) is 2. The summed E-state index contributed by atoms with van der Waals surface area (Å²) in [6.45, 7) is 9.11. The Labute approximate surface area is 162 Å². The van der Waals surface area contributed by atoms with Crippen LogP contribution in [0.1, 0.15) is 35.6 Å². The third-order valence-electron chi connectivity index (χ3n) is 3.74. The van der Waals surface area contributed by atoms with E-state index in [1.807, 2.05) is 13.8 Å². The van der Waals surface area contributed by atoms with Crippen molar-refractivity contribution in [1.29, 1.82) is 0 Å². The Balaban J connectivity index is 1.90. The van der Waals surface area contributed by atoms with Crippen molar-refractivity contribution in [3.05, 3.63) is 46.2 Å². The number of halogens is 1. The zero-order valence-corrected chi connectivity index (χ0v) is 16.9. The van der Waals surface area contributed by atoms with Gasteiger partial charge in [0.25, 0.3) is 5.91 Å². The van der Waals surface area contributed by atoms with Crippen molar-refractivity contribution in [2.75, 3.05) is 5.75 Å². The van der Waals surface area contributed by atoms with E-state index in [2.05, 4.69) is 34.3 Å². The standard InChI is InChI=1S/C18H23ClN4O2S/c1-11(2)9-23-13(4)12(3)20-18(23)26-10-16(24)21-22-17(25)14-7-5-6-8-15(14)19/h5-8,11H,9-10H2,1-4H3,(H,21,24)(H,22,25). The Hall–Kier alpha value is -1.99. The quantitative estimate of drug-likeness (QED) is 0.581. The largest absolute Gasteiger partial charge is 0.323 e. The number of benzene rings is 1. The van der Waals surface area contributed by atoms with Crippen molar-refractivity contribution in [3.63, 3.8) is 0 Å². The third kappa shape index (κ3) is 5.25. The Morgan fingerprint density at radius 1 is 1.23 bits per heavy atom. The van der Waals surface area contributed by atoms with Crippen molar-refractivity contribution in [1.82, 2.24) is 20.4 Å². The minimum Gasteiger partial charge on any atom is -0.323 e. The lowest BCUT2D eigenvalue weighted by Gasteiger charge is -2.12. The summed E-state index contributed by atoms with van der Waals surface area (Å²) in [5.41, 5.74) is 7.15. The van der Waals surface area contributed by atoms with E-state index in [1.165, 1.54) is 11.8 Å².